The number of benzene rings is 1. The average molecular weight is 538 g/mol. The number of pyridine rings is 1. The predicted molar refractivity (Wildman–Crippen MR) is 158 cm³/mol. The number of nitrogens with zero attached hydrogens (tertiary/aromatic N) is 5. The van der Waals surface area contributed by atoms with Gasteiger partial charge in [0.1, 0.15) is 23.7 Å². The van der Waals surface area contributed by atoms with Crippen LogP contribution in [-0.2, 0) is 0 Å². The first-order chi connectivity index (χ1) is 17.9. The van der Waals surface area contributed by atoms with E-state index in [0.29, 0.717) is 23.9 Å². The standard InChI is InChI=1S/C28H37N7O2.H2S/c1-19(23-8-6-20(28(36)29-2)14-25(23)37-5)16-30-26-15-24(32-18-33-26)21-7-9-27(31-17-21)35(4)22-10-12-34(3)13-11-22;/h6-9,14-15,17-19,22H,10-13,16H2,1-5H3,(H,29,36)(H,30,32,33);1H2/t19-;/m1./s1. The predicted octanol–water partition coefficient (Wildman–Crippen LogP) is 3.77. The molecule has 9 nitrogen and oxygen atoms in total. The van der Waals surface area contributed by atoms with Gasteiger partial charge in [0.2, 0.25) is 0 Å². The molecule has 4 rings (SSSR count). The fraction of sp³-hybridized carbons (Fsp3) is 0.429. The summed E-state index contributed by atoms with van der Waals surface area (Å²) in [6.07, 6.45) is 5.76. The molecule has 1 atom stereocenters. The lowest BCUT2D eigenvalue weighted by Gasteiger charge is -2.35. The minimum absolute atomic E-state index is 0. The number of carbonyl (C=O) groups is 1. The SMILES string of the molecule is CNC(=O)c1ccc([C@H](C)CNc2cc(-c3ccc(N(C)C4CCN(C)CC4)nc3)ncn2)c(OC)c1.S. The lowest BCUT2D eigenvalue weighted by Crippen LogP contribution is -2.42. The van der Waals surface area contributed by atoms with E-state index >= 15 is 0 Å². The van der Waals surface area contributed by atoms with Gasteiger partial charge in [0.15, 0.2) is 0 Å². The molecule has 0 aliphatic carbocycles. The highest BCUT2D eigenvalue weighted by atomic mass is 32.1. The highest BCUT2D eigenvalue weighted by Crippen LogP contribution is 2.29. The Morgan fingerprint density at radius 2 is 1.92 bits per heavy atom. The van der Waals surface area contributed by atoms with Crippen LogP contribution in [0.4, 0.5) is 11.6 Å². The zero-order chi connectivity index (χ0) is 26.4. The molecule has 0 bridgehead atoms. The molecule has 3 heterocycles. The van der Waals surface area contributed by atoms with Crippen LogP contribution in [0.15, 0.2) is 48.9 Å². The number of carbonyl (C=O) groups excluding carboxylic acids is 1. The zero-order valence-electron chi connectivity index (χ0n) is 22.9. The third kappa shape index (κ3) is 6.93. The average Bonchev–Trinajstić information content (AvgIpc) is 2.95. The summed E-state index contributed by atoms with van der Waals surface area (Å²) in [5.41, 5.74) is 3.36. The van der Waals surface area contributed by atoms with E-state index in [0.717, 1.165) is 54.4 Å². The molecule has 2 aromatic heterocycles. The summed E-state index contributed by atoms with van der Waals surface area (Å²) in [7, 11) is 7.54. The maximum Gasteiger partial charge on any atom is 0.251 e. The molecular formula is C28H39N7O2S. The molecule has 0 saturated carbocycles. The van der Waals surface area contributed by atoms with Crippen LogP contribution in [0.1, 0.15) is 41.6 Å². The van der Waals surface area contributed by atoms with E-state index in [1.165, 1.54) is 0 Å². The van der Waals surface area contributed by atoms with Gasteiger partial charge in [-0.05, 0) is 62.8 Å². The maximum atomic E-state index is 12.0. The van der Waals surface area contributed by atoms with Crippen molar-refractivity contribution in [2.24, 2.45) is 0 Å². The molecule has 2 N–H and O–H groups in total. The molecule has 1 aliphatic rings. The molecule has 204 valence electrons. The number of anilines is 2. The van der Waals surface area contributed by atoms with Crippen LogP contribution in [0.5, 0.6) is 5.75 Å². The number of hydrogen-bond acceptors (Lipinski definition) is 8. The zero-order valence-corrected chi connectivity index (χ0v) is 23.9. The van der Waals surface area contributed by atoms with Gasteiger partial charge >= 0.3 is 0 Å². The molecule has 1 aliphatic heterocycles. The number of methoxy groups -OCH3 is 1. The van der Waals surface area contributed by atoms with Crippen LogP contribution < -0.4 is 20.3 Å². The Kier molecular flexibility index (Phi) is 10.3. The lowest BCUT2D eigenvalue weighted by atomic mass is 9.98. The normalized spacial score (nSPS) is 14.8. The third-order valence-electron chi connectivity index (χ3n) is 7.15. The van der Waals surface area contributed by atoms with E-state index in [-0.39, 0.29) is 25.3 Å². The summed E-state index contributed by atoms with van der Waals surface area (Å²) < 4.78 is 5.55. The van der Waals surface area contributed by atoms with Crippen molar-refractivity contribution in [1.29, 1.82) is 0 Å². The second-order valence-electron chi connectivity index (χ2n) is 9.66. The molecule has 0 spiro atoms. The summed E-state index contributed by atoms with van der Waals surface area (Å²) in [4.78, 5) is 30.2. The minimum atomic E-state index is -0.139. The second kappa shape index (κ2) is 13.4. The summed E-state index contributed by atoms with van der Waals surface area (Å²) in [5.74, 6) is 2.40. The van der Waals surface area contributed by atoms with Crippen molar-refractivity contribution in [3.05, 3.63) is 60.0 Å². The Morgan fingerprint density at radius 1 is 1.16 bits per heavy atom. The van der Waals surface area contributed by atoms with Crippen molar-refractivity contribution >= 4 is 31.0 Å². The molecule has 38 heavy (non-hydrogen) atoms. The van der Waals surface area contributed by atoms with Crippen molar-refractivity contribution in [3.63, 3.8) is 0 Å². The Morgan fingerprint density at radius 3 is 2.58 bits per heavy atom. The van der Waals surface area contributed by atoms with E-state index in [1.54, 1.807) is 26.6 Å². The Bertz CT molecular complexity index is 1200. The van der Waals surface area contributed by atoms with E-state index in [4.69, 9.17) is 9.72 Å². The quantitative estimate of drug-likeness (QED) is 0.426. The first-order valence-electron chi connectivity index (χ1n) is 12.7. The fourth-order valence-electron chi connectivity index (χ4n) is 4.70. The smallest absolute Gasteiger partial charge is 0.251 e. The van der Waals surface area contributed by atoms with Gasteiger partial charge in [-0.2, -0.15) is 13.5 Å². The summed E-state index contributed by atoms with van der Waals surface area (Å²) >= 11 is 0. The molecule has 1 saturated heterocycles. The van der Waals surface area contributed by atoms with E-state index in [2.05, 4.69) is 63.6 Å². The van der Waals surface area contributed by atoms with Crippen molar-refractivity contribution in [2.45, 2.75) is 31.7 Å². The molecular weight excluding hydrogens is 498 g/mol. The summed E-state index contributed by atoms with van der Waals surface area (Å²) in [6, 6.07) is 12.1. The maximum absolute atomic E-state index is 12.0. The van der Waals surface area contributed by atoms with Gasteiger partial charge in [0.25, 0.3) is 5.91 Å². The van der Waals surface area contributed by atoms with Gasteiger partial charge in [-0.3, -0.25) is 4.79 Å². The number of ether oxygens (including phenoxy) is 1. The van der Waals surface area contributed by atoms with Gasteiger partial charge in [0, 0.05) is 56.0 Å². The number of amides is 1. The van der Waals surface area contributed by atoms with Crippen LogP contribution in [0.2, 0.25) is 0 Å². The third-order valence-corrected chi connectivity index (χ3v) is 7.15. The second-order valence-corrected chi connectivity index (χ2v) is 9.66. The van der Waals surface area contributed by atoms with Crippen LogP contribution in [0, 0.1) is 0 Å². The topological polar surface area (TPSA) is 95.5 Å². The molecule has 10 heteroatoms. The lowest BCUT2D eigenvalue weighted by molar-refractivity contribution is 0.0962. The highest BCUT2D eigenvalue weighted by molar-refractivity contribution is 7.59. The Balaban J connectivity index is 0.00000400. The molecule has 1 fully saturated rings. The highest BCUT2D eigenvalue weighted by Gasteiger charge is 2.21. The molecule has 3 aromatic rings. The number of aromatic nitrogens is 3. The van der Waals surface area contributed by atoms with Gasteiger partial charge in [-0.15, -0.1) is 0 Å². The first-order valence-corrected chi connectivity index (χ1v) is 12.7. The van der Waals surface area contributed by atoms with Crippen LogP contribution in [0.25, 0.3) is 11.3 Å². The number of hydrogen-bond donors (Lipinski definition) is 2. The van der Waals surface area contributed by atoms with Crippen molar-refractivity contribution < 1.29 is 9.53 Å². The summed E-state index contributed by atoms with van der Waals surface area (Å²) in [6.45, 7) is 4.99. The van der Waals surface area contributed by atoms with Crippen molar-refractivity contribution in [3.8, 4) is 17.0 Å². The van der Waals surface area contributed by atoms with E-state index in [9.17, 15) is 4.79 Å². The number of rotatable bonds is 9. The monoisotopic (exact) mass is 537 g/mol. The molecule has 0 radical (unpaired) electrons. The van der Waals surface area contributed by atoms with Gasteiger partial charge in [0.05, 0.1) is 12.8 Å². The Labute approximate surface area is 232 Å². The van der Waals surface area contributed by atoms with Crippen LogP contribution in [-0.4, -0.2) is 79.7 Å². The largest absolute Gasteiger partial charge is 0.496 e. The van der Waals surface area contributed by atoms with Gasteiger partial charge in [-0.1, -0.05) is 13.0 Å². The number of nitrogens with one attached hydrogen (secondary N) is 2. The minimum Gasteiger partial charge on any atom is -0.496 e. The molecule has 1 amide bonds. The summed E-state index contributed by atoms with van der Waals surface area (Å²) in [5, 5.41) is 6.05. The first kappa shape index (κ1) is 29.2. The Hall–Kier alpha value is -3.37. The van der Waals surface area contributed by atoms with Gasteiger partial charge < -0.3 is 25.2 Å². The molecule has 1 aromatic carbocycles. The number of likely N-dealkylation sites (tertiary alicyclic amines) is 1. The van der Waals surface area contributed by atoms with Crippen LogP contribution in [0.3, 0.4) is 0 Å². The fourth-order valence-corrected chi connectivity index (χ4v) is 4.70. The van der Waals surface area contributed by atoms with Crippen molar-refractivity contribution in [2.75, 3.05) is 58.1 Å². The van der Waals surface area contributed by atoms with Crippen molar-refractivity contribution in [1.82, 2.24) is 25.2 Å². The van der Waals surface area contributed by atoms with Gasteiger partial charge in [-0.25, -0.2) is 15.0 Å². The van der Waals surface area contributed by atoms with Crippen LogP contribution >= 0.6 is 13.5 Å². The molecule has 0 unspecified atom stereocenters. The van der Waals surface area contributed by atoms with E-state index in [1.807, 2.05) is 24.4 Å². The number of piperidine rings is 1. The van der Waals surface area contributed by atoms with E-state index < -0.39 is 0 Å².